The van der Waals surface area contributed by atoms with E-state index in [2.05, 4.69) is 5.32 Å². The van der Waals surface area contributed by atoms with Crippen LogP contribution in [0.5, 0.6) is 0 Å². The first kappa shape index (κ1) is 19.1. The van der Waals surface area contributed by atoms with Crippen LogP contribution in [0, 0.1) is 0 Å². The molecule has 2 amide bonds. The number of nitrogens with zero attached hydrogens (tertiary/aromatic N) is 2. The van der Waals surface area contributed by atoms with E-state index >= 15 is 0 Å². The van der Waals surface area contributed by atoms with E-state index in [9.17, 15) is 18.0 Å². The van der Waals surface area contributed by atoms with Gasteiger partial charge in [-0.15, -0.1) is 0 Å². The number of carbonyl (C=O) groups excluding carboxylic acids is 1. The average molecular weight is 377 g/mol. The van der Waals surface area contributed by atoms with Crippen LogP contribution in [0.1, 0.15) is 24.1 Å². The zero-order valence-corrected chi connectivity index (χ0v) is 15.0. The second kappa shape index (κ2) is 7.90. The Labute approximate surface area is 156 Å². The number of nitrogens with one attached hydrogen (secondary N) is 1. The van der Waals surface area contributed by atoms with Crippen LogP contribution in [0.4, 0.5) is 23.7 Å². The average Bonchev–Trinajstić information content (AvgIpc) is 2.68. The third-order valence-electron chi connectivity index (χ3n) is 4.76. The molecule has 3 rings (SSSR count). The summed E-state index contributed by atoms with van der Waals surface area (Å²) in [5.74, 6) is 0. The maximum absolute atomic E-state index is 13.2. The fraction of sp³-hybridized carbons (Fsp3) is 0.350. The van der Waals surface area contributed by atoms with Gasteiger partial charge >= 0.3 is 12.2 Å². The van der Waals surface area contributed by atoms with Crippen molar-refractivity contribution in [1.29, 1.82) is 0 Å². The maximum atomic E-state index is 13.2. The van der Waals surface area contributed by atoms with Gasteiger partial charge in [-0.2, -0.15) is 13.2 Å². The number of alkyl halides is 3. The number of halogens is 3. The Morgan fingerprint density at radius 2 is 1.56 bits per heavy atom. The molecule has 0 aromatic heterocycles. The van der Waals surface area contributed by atoms with Gasteiger partial charge in [0.15, 0.2) is 0 Å². The molecule has 0 spiro atoms. The molecule has 1 heterocycles. The zero-order valence-electron chi connectivity index (χ0n) is 15.0. The number of para-hydroxylation sites is 1. The number of amides is 2. The Hall–Kier alpha value is -2.70. The monoisotopic (exact) mass is 377 g/mol. The van der Waals surface area contributed by atoms with Crippen LogP contribution in [-0.4, -0.2) is 37.1 Å². The first-order chi connectivity index (χ1) is 12.9. The lowest BCUT2D eigenvalue weighted by Crippen LogP contribution is -2.52. The number of urea groups is 1. The Kier molecular flexibility index (Phi) is 5.58. The number of piperazine rings is 1. The number of carbonyl (C=O) groups is 1. The summed E-state index contributed by atoms with van der Waals surface area (Å²) in [4.78, 5) is 15.8. The highest BCUT2D eigenvalue weighted by molar-refractivity contribution is 5.75. The summed E-state index contributed by atoms with van der Waals surface area (Å²) in [6.07, 6.45) is -4.39. The predicted molar refractivity (Wildman–Crippen MR) is 98.6 cm³/mol. The van der Waals surface area contributed by atoms with Crippen LogP contribution in [0.2, 0.25) is 0 Å². The molecule has 27 heavy (non-hydrogen) atoms. The fourth-order valence-corrected chi connectivity index (χ4v) is 3.24. The third-order valence-corrected chi connectivity index (χ3v) is 4.76. The van der Waals surface area contributed by atoms with Crippen LogP contribution in [0.15, 0.2) is 54.6 Å². The smallest absolute Gasteiger partial charge is 0.367 e. The van der Waals surface area contributed by atoms with Gasteiger partial charge in [0.2, 0.25) is 0 Å². The summed E-state index contributed by atoms with van der Waals surface area (Å²) in [5, 5.41) is 2.94. The van der Waals surface area contributed by atoms with E-state index in [1.807, 2.05) is 37.3 Å². The summed E-state index contributed by atoms with van der Waals surface area (Å²) in [6.45, 7) is 3.38. The minimum atomic E-state index is -4.39. The maximum Gasteiger partial charge on any atom is 0.418 e. The minimum Gasteiger partial charge on any atom is -0.367 e. The Balaban J connectivity index is 1.60. The van der Waals surface area contributed by atoms with E-state index in [0.717, 1.165) is 11.6 Å². The molecule has 1 saturated heterocycles. The van der Waals surface area contributed by atoms with Gasteiger partial charge in [0.25, 0.3) is 0 Å². The lowest BCUT2D eigenvalue weighted by Gasteiger charge is -2.37. The number of benzene rings is 2. The second-order valence-electron chi connectivity index (χ2n) is 6.57. The molecule has 0 radical (unpaired) electrons. The van der Waals surface area contributed by atoms with E-state index in [-0.39, 0.29) is 17.8 Å². The molecule has 1 unspecified atom stereocenters. The molecule has 1 N–H and O–H groups in total. The first-order valence-electron chi connectivity index (χ1n) is 8.88. The van der Waals surface area contributed by atoms with Crippen molar-refractivity contribution >= 4 is 11.7 Å². The van der Waals surface area contributed by atoms with E-state index in [1.54, 1.807) is 15.9 Å². The Bertz CT molecular complexity index is 772. The molecule has 1 aliphatic rings. The summed E-state index contributed by atoms with van der Waals surface area (Å²) >= 11 is 0. The van der Waals surface area contributed by atoms with Gasteiger partial charge < -0.3 is 15.1 Å². The van der Waals surface area contributed by atoms with Gasteiger partial charge in [0.1, 0.15) is 0 Å². The molecule has 0 saturated carbocycles. The van der Waals surface area contributed by atoms with Gasteiger partial charge in [0.05, 0.1) is 11.6 Å². The van der Waals surface area contributed by atoms with E-state index < -0.39 is 11.7 Å². The normalized spacial score (nSPS) is 16.1. The summed E-state index contributed by atoms with van der Waals surface area (Å²) < 4.78 is 39.6. The van der Waals surface area contributed by atoms with Crippen LogP contribution in [0.3, 0.4) is 0 Å². The zero-order chi connectivity index (χ0) is 19.4. The van der Waals surface area contributed by atoms with Crippen LogP contribution >= 0.6 is 0 Å². The van der Waals surface area contributed by atoms with E-state index in [4.69, 9.17) is 0 Å². The molecule has 144 valence electrons. The lowest BCUT2D eigenvalue weighted by atomic mass is 10.1. The number of anilines is 1. The topological polar surface area (TPSA) is 35.6 Å². The summed E-state index contributed by atoms with van der Waals surface area (Å²) in [5.41, 5.74) is 0.534. The van der Waals surface area contributed by atoms with E-state index in [0.29, 0.717) is 26.2 Å². The van der Waals surface area contributed by atoms with Gasteiger partial charge in [-0.05, 0) is 24.6 Å². The van der Waals surface area contributed by atoms with Crippen molar-refractivity contribution in [2.24, 2.45) is 0 Å². The summed E-state index contributed by atoms with van der Waals surface area (Å²) in [6, 6.07) is 14.9. The Morgan fingerprint density at radius 1 is 0.963 bits per heavy atom. The molecule has 1 atom stereocenters. The van der Waals surface area contributed by atoms with Crippen molar-refractivity contribution in [1.82, 2.24) is 10.2 Å². The van der Waals surface area contributed by atoms with Gasteiger partial charge in [0, 0.05) is 31.9 Å². The number of hydrogen-bond acceptors (Lipinski definition) is 2. The highest BCUT2D eigenvalue weighted by Crippen LogP contribution is 2.36. The first-order valence-corrected chi connectivity index (χ1v) is 8.88. The molecular weight excluding hydrogens is 355 g/mol. The quantitative estimate of drug-likeness (QED) is 0.866. The minimum absolute atomic E-state index is 0.136. The largest absolute Gasteiger partial charge is 0.418 e. The van der Waals surface area contributed by atoms with Gasteiger partial charge in [-0.25, -0.2) is 4.79 Å². The molecule has 0 bridgehead atoms. The molecule has 1 aliphatic heterocycles. The van der Waals surface area contributed by atoms with Crippen LogP contribution < -0.4 is 10.2 Å². The molecular formula is C20H22F3N3O. The van der Waals surface area contributed by atoms with Crippen LogP contribution in [-0.2, 0) is 6.18 Å². The predicted octanol–water partition coefficient (Wildman–Crippen LogP) is 4.30. The standard InChI is InChI=1S/C20H22F3N3O/c1-15(16-7-3-2-4-8-16)24-19(27)26-13-11-25(12-14-26)18-10-6-5-9-17(18)20(21,22)23/h2-10,15H,11-14H2,1H3,(H,24,27). The lowest BCUT2D eigenvalue weighted by molar-refractivity contribution is -0.137. The van der Waals surface area contributed by atoms with Gasteiger partial charge in [-0.3, -0.25) is 0 Å². The van der Waals surface area contributed by atoms with Crippen molar-refractivity contribution in [3.8, 4) is 0 Å². The molecule has 4 nitrogen and oxygen atoms in total. The highest BCUT2D eigenvalue weighted by Gasteiger charge is 2.35. The fourth-order valence-electron chi connectivity index (χ4n) is 3.24. The number of rotatable bonds is 3. The number of hydrogen-bond donors (Lipinski definition) is 1. The molecule has 2 aromatic carbocycles. The van der Waals surface area contributed by atoms with Crippen LogP contribution in [0.25, 0.3) is 0 Å². The Morgan fingerprint density at radius 3 is 2.19 bits per heavy atom. The van der Waals surface area contributed by atoms with Crippen molar-refractivity contribution in [2.45, 2.75) is 19.1 Å². The summed E-state index contributed by atoms with van der Waals surface area (Å²) in [7, 11) is 0. The highest BCUT2D eigenvalue weighted by atomic mass is 19.4. The molecule has 1 fully saturated rings. The molecule has 2 aromatic rings. The van der Waals surface area contributed by atoms with Crippen molar-refractivity contribution in [3.05, 3.63) is 65.7 Å². The van der Waals surface area contributed by atoms with Crippen molar-refractivity contribution in [2.75, 3.05) is 31.1 Å². The SMILES string of the molecule is CC(NC(=O)N1CCN(c2ccccc2C(F)(F)F)CC1)c1ccccc1. The molecule has 7 heteroatoms. The van der Waals surface area contributed by atoms with Crippen molar-refractivity contribution in [3.63, 3.8) is 0 Å². The van der Waals surface area contributed by atoms with E-state index in [1.165, 1.54) is 12.1 Å². The molecule has 0 aliphatic carbocycles. The second-order valence-corrected chi connectivity index (χ2v) is 6.57. The van der Waals surface area contributed by atoms with Crippen molar-refractivity contribution < 1.29 is 18.0 Å². The third kappa shape index (κ3) is 4.53. The van der Waals surface area contributed by atoms with Gasteiger partial charge in [-0.1, -0.05) is 42.5 Å².